The second kappa shape index (κ2) is 5.64. The van der Waals surface area contributed by atoms with Crippen LogP contribution >= 0.6 is 0 Å². The molecule has 1 N–H and O–H groups in total. The molecule has 0 amide bonds. The highest BCUT2D eigenvalue weighted by Gasteiger charge is 2.28. The summed E-state index contributed by atoms with van der Waals surface area (Å²) in [7, 11) is 0. The van der Waals surface area contributed by atoms with E-state index in [-0.39, 0.29) is 11.8 Å². The van der Waals surface area contributed by atoms with Crippen molar-refractivity contribution in [2.24, 2.45) is 0 Å². The number of carboxylic acid groups (broad SMARTS) is 1. The van der Waals surface area contributed by atoms with Gasteiger partial charge in [0.25, 0.3) is 0 Å². The smallest absolute Gasteiger partial charge is 0.304 e. The summed E-state index contributed by atoms with van der Waals surface area (Å²) < 4.78 is 0. The van der Waals surface area contributed by atoms with Gasteiger partial charge < -0.3 is 10.0 Å². The quantitative estimate of drug-likeness (QED) is 0.902. The van der Waals surface area contributed by atoms with Crippen LogP contribution in [0.2, 0.25) is 0 Å². The van der Waals surface area contributed by atoms with Gasteiger partial charge in [-0.15, -0.1) is 0 Å². The SMILES string of the molecule is CC(C)(CC(=O)O)c1ccccc1N1CCCCC1. The summed E-state index contributed by atoms with van der Waals surface area (Å²) in [6.45, 7) is 6.20. The summed E-state index contributed by atoms with van der Waals surface area (Å²) in [5.74, 6) is -0.738. The average molecular weight is 261 g/mol. The van der Waals surface area contributed by atoms with Crippen LogP contribution in [-0.2, 0) is 10.2 Å². The molecule has 0 saturated carbocycles. The molecule has 1 aliphatic rings. The van der Waals surface area contributed by atoms with Gasteiger partial charge in [0.2, 0.25) is 0 Å². The Morgan fingerprint density at radius 2 is 1.84 bits per heavy atom. The van der Waals surface area contributed by atoms with E-state index in [0.717, 1.165) is 18.7 Å². The molecule has 0 unspecified atom stereocenters. The van der Waals surface area contributed by atoms with Gasteiger partial charge >= 0.3 is 5.97 Å². The van der Waals surface area contributed by atoms with Gasteiger partial charge in [-0.25, -0.2) is 0 Å². The number of para-hydroxylation sites is 1. The molecule has 1 aromatic rings. The van der Waals surface area contributed by atoms with Gasteiger partial charge in [0.05, 0.1) is 6.42 Å². The number of aliphatic carboxylic acids is 1. The standard InChI is InChI=1S/C16H23NO2/c1-16(2,12-15(18)19)13-8-4-5-9-14(13)17-10-6-3-7-11-17/h4-5,8-9H,3,6-7,10-12H2,1-2H3,(H,18,19). The molecule has 0 bridgehead atoms. The fraction of sp³-hybridized carbons (Fsp3) is 0.562. The lowest BCUT2D eigenvalue weighted by atomic mass is 9.80. The molecule has 0 aliphatic carbocycles. The van der Waals surface area contributed by atoms with Crippen LogP contribution in [0.25, 0.3) is 0 Å². The zero-order valence-electron chi connectivity index (χ0n) is 11.9. The van der Waals surface area contributed by atoms with Crippen LogP contribution in [0.15, 0.2) is 24.3 Å². The van der Waals surface area contributed by atoms with E-state index >= 15 is 0 Å². The predicted molar refractivity (Wildman–Crippen MR) is 77.8 cm³/mol. The molecule has 2 rings (SSSR count). The molecule has 0 atom stereocenters. The van der Waals surface area contributed by atoms with E-state index in [1.807, 2.05) is 26.0 Å². The number of hydrogen-bond donors (Lipinski definition) is 1. The van der Waals surface area contributed by atoms with E-state index in [1.54, 1.807) is 0 Å². The van der Waals surface area contributed by atoms with Crippen molar-refractivity contribution in [1.82, 2.24) is 0 Å². The maximum atomic E-state index is 11.1. The Hall–Kier alpha value is -1.51. The number of carbonyl (C=O) groups is 1. The molecular weight excluding hydrogens is 238 g/mol. The monoisotopic (exact) mass is 261 g/mol. The summed E-state index contributed by atoms with van der Waals surface area (Å²) >= 11 is 0. The molecule has 1 aliphatic heterocycles. The normalized spacial score (nSPS) is 16.4. The van der Waals surface area contributed by atoms with E-state index in [9.17, 15) is 4.79 Å². The van der Waals surface area contributed by atoms with E-state index in [2.05, 4.69) is 17.0 Å². The van der Waals surface area contributed by atoms with Crippen LogP contribution in [0.3, 0.4) is 0 Å². The Bertz CT molecular complexity index is 448. The third kappa shape index (κ3) is 3.28. The van der Waals surface area contributed by atoms with Crippen molar-refractivity contribution in [2.45, 2.75) is 44.9 Å². The highest BCUT2D eigenvalue weighted by atomic mass is 16.4. The first-order valence-electron chi connectivity index (χ1n) is 7.07. The minimum absolute atomic E-state index is 0.165. The molecule has 0 aromatic heterocycles. The van der Waals surface area contributed by atoms with Crippen LogP contribution in [0.1, 0.15) is 45.1 Å². The third-order valence-corrected chi connectivity index (χ3v) is 3.92. The van der Waals surface area contributed by atoms with E-state index in [0.29, 0.717) is 0 Å². The zero-order valence-corrected chi connectivity index (χ0v) is 11.9. The van der Waals surface area contributed by atoms with E-state index in [1.165, 1.54) is 24.9 Å². The van der Waals surface area contributed by atoms with Crippen molar-refractivity contribution in [3.63, 3.8) is 0 Å². The van der Waals surface area contributed by atoms with Crippen molar-refractivity contribution in [1.29, 1.82) is 0 Å². The number of rotatable bonds is 4. The molecular formula is C16H23NO2. The van der Waals surface area contributed by atoms with E-state index < -0.39 is 5.97 Å². The summed E-state index contributed by atoms with van der Waals surface area (Å²) in [6, 6.07) is 8.26. The fourth-order valence-corrected chi connectivity index (χ4v) is 2.93. The van der Waals surface area contributed by atoms with Crippen molar-refractivity contribution in [3.8, 4) is 0 Å². The molecule has 19 heavy (non-hydrogen) atoms. The Morgan fingerprint density at radius 1 is 1.21 bits per heavy atom. The van der Waals surface area contributed by atoms with Gasteiger partial charge in [0.1, 0.15) is 0 Å². The number of benzene rings is 1. The molecule has 3 nitrogen and oxygen atoms in total. The second-order valence-corrected chi connectivity index (χ2v) is 6.02. The summed E-state index contributed by atoms with van der Waals surface area (Å²) in [5, 5.41) is 9.10. The third-order valence-electron chi connectivity index (χ3n) is 3.92. The Morgan fingerprint density at radius 3 is 2.47 bits per heavy atom. The van der Waals surface area contributed by atoms with Gasteiger partial charge in [-0.05, 0) is 30.9 Å². The highest BCUT2D eigenvalue weighted by Crippen LogP contribution is 2.35. The number of anilines is 1. The Balaban J connectivity index is 2.31. The first kappa shape index (κ1) is 13.9. The van der Waals surface area contributed by atoms with Crippen LogP contribution in [0.4, 0.5) is 5.69 Å². The molecule has 104 valence electrons. The number of carboxylic acids is 1. The van der Waals surface area contributed by atoms with Gasteiger partial charge in [-0.3, -0.25) is 4.79 Å². The van der Waals surface area contributed by atoms with E-state index in [4.69, 9.17) is 5.11 Å². The van der Waals surface area contributed by atoms with Gasteiger partial charge in [-0.2, -0.15) is 0 Å². The van der Waals surface area contributed by atoms with Crippen LogP contribution < -0.4 is 4.90 Å². The van der Waals surface area contributed by atoms with Gasteiger partial charge in [-0.1, -0.05) is 32.0 Å². The summed E-state index contributed by atoms with van der Waals surface area (Å²) in [5.41, 5.74) is 2.03. The minimum Gasteiger partial charge on any atom is -0.481 e. The predicted octanol–water partition coefficient (Wildman–Crippen LogP) is 3.43. The molecule has 3 heteroatoms. The number of piperidine rings is 1. The molecule has 0 radical (unpaired) electrons. The van der Waals surface area contributed by atoms with Crippen molar-refractivity contribution in [2.75, 3.05) is 18.0 Å². The lowest BCUT2D eigenvalue weighted by molar-refractivity contribution is -0.138. The first-order valence-corrected chi connectivity index (χ1v) is 7.07. The summed E-state index contributed by atoms with van der Waals surface area (Å²) in [4.78, 5) is 13.5. The maximum Gasteiger partial charge on any atom is 0.304 e. The topological polar surface area (TPSA) is 40.5 Å². The van der Waals surface area contributed by atoms with Crippen molar-refractivity contribution >= 4 is 11.7 Å². The molecule has 1 aromatic carbocycles. The Kier molecular flexibility index (Phi) is 4.13. The molecule has 1 saturated heterocycles. The molecule has 1 fully saturated rings. The lowest BCUT2D eigenvalue weighted by Crippen LogP contribution is -2.33. The first-order chi connectivity index (χ1) is 9.00. The molecule has 0 spiro atoms. The van der Waals surface area contributed by atoms with Crippen LogP contribution in [-0.4, -0.2) is 24.2 Å². The van der Waals surface area contributed by atoms with Gasteiger partial charge in [0.15, 0.2) is 0 Å². The maximum absolute atomic E-state index is 11.1. The van der Waals surface area contributed by atoms with Gasteiger partial charge in [0, 0.05) is 24.2 Å². The minimum atomic E-state index is -0.738. The molecule has 1 heterocycles. The van der Waals surface area contributed by atoms with Crippen molar-refractivity contribution in [3.05, 3.63) is 29.8 Å². The highest BCUT2D eigenvalue weighted by molar-refractivity contribution is 5.70. The van der Waals surface area contributed by atoms with Crippen molar-refractivity contribution < 1.29 is 9.90 Å². The second-order valence-electron chi connectivity index (χ2n) is 6.02. The average Bonchev–Trinajstić information content (AvgIpc) is 2.38. The Labute approximate surface area is 115 Å². The summed E-state index contributed by atoms with van der Waals surface area (Å²) in [6.07, 6.45) is 3.93. The number of hydrogen-bond acceptors (Lipinski definition) is 2. The zero-order chi connectivity index (χ0) is 13.9. The van der Waals surface area contributed by atoms with Crippen LogP contribution in [0.5, 0.6) is 0 Å². The van der Waals surface area contributed by atoms with Crippen LogP contribution in [0, 0.1) is 0 Å². The fourth-order valence-electron chi connectivity index (χ4n) is 2.93. The number of nitrogens with zero attached hydrogens (tertiary/aromatic N) is 1. The largest absolute Gasteiger partial charge is 0.481 e. The lowest BCUT2D eigenvalue weighted by Gasteiger charge is -2.34.